The fraction of sp³-hybridized carbons (Fsp3) is 0.429. The number of methoxy groups -OCH3 is 1. The SMILES string of the molecule is COCCNCc1nnc(N(C)Cc2ccccc2Cl)o1. The Bertz CT molecular complexity index is 561. The van der Waals surface area contributed by atoms with E-state index in [1.165, 1.54) is 0 Å². The Labute approximate surface area is 129 Å². The van der Waals surface area contributed by atoms with Gasteiger partial charge >= 0.3 is 6.01 Å². The summed E-state index contributed by atoms with van der Waals surface area (Å²) in [6.45, 7) is 2.52. The van der Waals surface area contributed by atoms with Crippen molar-refractivity contribution in [3.63, 3.8) is 0 Å². The molecule has 0 aliphatic heterocycles. The predicted molar refractivity (Wildman–Crippen MR) is 81.4 cm³/mol. The molecule has 0 amide bonds. The number of nitrogens with zero attached hydrogens (tertiary/aromatic N) is 3. The number of nitrogens with one attached hydrogen (secondary N) is 1. The summed E-state index contributed by atoms with van der Waals surface area (Å²) in [5.74, 6) is 0.548. The second kappa shape index (κ2) is 7.97. The number of hydrogen-bond donors (Lipinski definition) is 1. The summed E-state index contributed by atoms with van der Waals surface area (Å²) in [5.41, 5.74) is 1.01. The minimum absolute atomic E-state index is 0.471. The van der Waals surface area contributed by atoms with Crippen LogP contribution in [0.2, 0.25) is 5.02 Å². The summed E-state index contributed by atoms with van der Waals surface area (Å²) in [6, 6.07) is 8.17. The minimum Gasteiger partial charge on any atom is -0.407 e. The van der Waals surface area contributed by atoms with Crippen LogP contribution in [0.5, 0.6) is 0 Å². The van der Waals surface area contributed by atoms with Crippen LogP contribution < -0.4 is 10.2 Å². The summed E-state index contributed by atoms with van der Waals surface area (Å²) >= 11 is 6.14. The lowest BCUT2D eigenvalue weighted by molar-refractivity contribution is 0.198. The summed E-state index contributed by atoms with van der Waals surface area (Å²) in [4.78, 5) is 1.87. The minimum atomic E-state index is 0.471. The van der Waals surface area contributed by atoms with E-state index < -0.39 is 0 Å². The van der Waals surface area contributed by atoms with Crippen molar-refractivity contribution >= 4 is 17.6 Å². The Morgan fingerprint density at radius 2 is 2.14 bits per heavy atom. The van der Waals surface area contributed by atoms with Crippen LogP contribution in [0.4, 0.5) is 6.01 Å². The van der Waals surface area contributed by atoms with E-state index in [1.807, 2.05) is 36.2 Å². The molecule has 7 heteroatoms. The summed E-state index contributed by atoms with van der Waals surface area (Å²) < 4.78 is 10.5. The predicted octanol–water partition coefficient (Wildman–Crippen LogP) is 2.10. The van der Waals surface area contributed by atoms with Gasteiger partial charge in [-0.15, -0.1) is 5.10 Å². The van der Waals surface area contributed by atoms with Crippen molar-refractivity contribution < 1.29 is 9.15 Å². The van der Waals surface area contributed by atoms with Gasteiger partial charge in [0.05, 0.1) is 13.2 Å². The highest BCUT2D eigenvalue weighted by molar-refractivity contribution is 6.31. The molecule has 0 radical (unpaired) electrons. The Hall–Kier alpha value is -1.63. The van der Waals surface area contributed by atoms with Gasteiger partial charge in [0.15, 0.2) is 0 Å². The van der Waals surface area contributed by atoms with Gasteiger partial charge < -0.3 is 19.4 Å². The first-order chi connectivity index (χ1) is 10.2. The maximum Gasteiger partial charge on any atom is 0.318 e. The number of benzene rings is 1. The van der Waals surface area contributed by atoms with Crippen molar-refractivity contribution in [1.29, 1.82) is 0 Å². The molecule has 1 heterocycles. The fourth-order valence-corrected chi connectivity index (χ4v) is 1.99. The Morgan fingerprint density at radius 3 is 2.90 bits per heavy atom. The molecule has 0 unspecified atom stereocenters. The van der Waals surface area contributed by atoms with E-state index in [0.717, 1.165) is 17.1 Å². The van der Waals surface area contributed by atoms with E-state index in [-0.39, 0.29) is 0 Å². The number of halogens is 1. The maximum absolute atomic E-state index is 6.14. The standard InChI is InChI=1S/C14H19ClN4O2/c1-19(10-11-5-3-4-6-12(11)15)14-18-17-13(21-14)9-16-7-8-20-2/h3-6,16H,7-10H2,1-2H3. The average Bonchev–Trinajstić information content (AvgIpc) is 2.95. The van der Waals surface area contributed by atoms with Crippen molar-refractivity contribution in [3.8, 4) is 0 Å². The highest BCUT2D eigenvalue weighted by Gasteiger charge is 2.12. The van der Waals surface area contributed by atoms with Crippen molar-refractivity contribution in [2.24, 2.45) is 0 Å². The first kappa shape index (κ1) is 15.8. The second-order valence-corrected chi connectivity index (χ2v) is 5.00. The molecule has 0 spiro atoms. The highest BCUT2D eigenvalue weighted by Crippen LogP contribution is 2.19. The Kier molecular flexibility index (Phi) is 5.98. The first-order valence-corrected chi connectivity index (χ1v) is 7.05. The number of hydrogen-bond acceptors (Lipinski definition) is 6. The summed E-state index contributed by atoms with van der Waals surface area (Å²) in [6.07, 6.45) is 0. The van der Waals surface area contributed by atoms with Crippen LogP contribution in [0.15, 0.2) is 28.7 Å². The fourth-order valence-electron chi connectivity index (χ4n) is 1.79. The number of ether oxygens (including phenoxy) is 1. The van der Waals surface area contributed by atoms with Crippen LogP contribution in [0.25, 0.3) is 0 Å². The first-order valence-electron chi connectivity index (χ1n) is 6.67. The Balaban J connectivity index is 1.90. The molecule has 1 aromatic heterocycles. The van der Waals surface area contributed by atoms with Crippen molar-refractivity contribution in [2.45, 2.75) is 13.1 Å². The molecule has 0 saturated carbocycles. The van der Waals surface area contributed by atoms with E-state index in [2.05, 4.69) is 15.5 Å². The van der Waals surface area contributed by atoms with Crippen molar-refractivity contribution in [2.75, 3.05) is 32.2 Å². The van der Waals surface area contributed by atoms with Crippen LogP contribution in [0.3, 0.4) is 0 Å². The molecule has 6 nitrogen and oxygen atoms in total. The van der Waals surface area contributed by atoms with Gasteiger partial charge in [0.1, 0.15) is 0 Å². The topological polar surface area (TPSA) is 63.4 Å². The zero-order chi connectivity index (χ0) is 15.1. The molecule has 0 bridgehead atoms. The molecular formula is C14H19ClN4O2. The zero-order valence-corrected chi connectivity index (χ0v) is 12.9. The number of aromatic nitrogens is 2. The lowest BCUT2D eigenvalue weighted by Gasteiger charge is -2.14. The molecule has 0 saturated heterocycles. The van der Waals surface area contributed by atoms with Gasteiger partial charge in [-0.2, -0.15) is 0 Å². The van der Waals surface area contributed by atoms with E-state index in [9.17, 15) is 0 Å². The molecule has 0 fully saturated rings. The molecule has 0 aliphatic carbocycles. The van der Waals surface area contributed by atoms with Crippen LogP contribution in [-0.2, 0) is 17.8 Å². The number of anilines is 1. The van der Waals surface area contributed by atoms with Gasteiger partial charge in [0.2, 0.25) is 5.89 Å². The molecule has 21 heavy (non-hydrogen) atoms. The van der Waals surface area contributed by atoms with Gasteiger partial charge in [-0.25, -0.2) is 0 Å². The van der Waals surface area contributed by atoms with Gasteiger partial charge in [-0.3, -0.25) is 0 Å². The van der Waals surface area contributed by atoms with Crippen LogP contribution in [0, 0.1) is 0 Å². The van der Waals surface area contributed by atoms with E-state index in [0.29, 0.717) is 31.6 Å². The van der Waals surface area contributed by atoms with Gasteiger partial charge in [0.25, 0.3) is 0 Å². The third-order valence-electron chi connectivity index (χ3n) is 2.91. The van der Waals surface area contributed by atoms with Crippen LogP contribution in [-0.4, -0.2) is 37.5 Å². The lowest BCUT2D eigenvalue weighted by atomic mass is 10.2. The smallest absolute Gasteiger partial charge is 0.318 e. The van der Waals surface area contributed by atoms with E-state index in [1.54, 1.807) is 7.11 Å². The average molecular weight is 311 g/mol. The van der Waals surface area contributed by atoms with Gasteiger partial charge in [0, 0.05) is 32.3 Å². The van der Waals surface area contributed by atoms with E-state index in [4.69, 9.17) is 20.8 Å². The van der Waals surface area contributed by atoms with Crippen LogP contribution in [0.1, 0.15) is 11.5 Å². The Morgan fingerprint density at radius 1 is 1.33 bits per heavy atom. The monoisotopic (exact) mass is 310 g/mol. The third kappa shape index (κ3) is 4.70. The molecular weight excluding hydrogens is 292 g/mol. The molecule has 1 aromatic carbocycles. The quantitative estimate of drug-likeness (QED) is 0.753. The van der Waals surface area contributed by atoms with Crippen molar-refractivity contribution in [1.82, 2.24) is 15.5 Å². The molecule has 1 N–H and O–H groups in total. The summed E-state index contributed by atoms with van der Waals surface area (Å²) in [7, 11) is 3.55. The zero-order valence-electron chi connectivity index (χ0n) is 12.2. The maximum atomic E-state index is 6.14. The second-order valence-electron chi connectivity index (χ2n) is 4.60. The van der Waals surface area contributed by atoms with Crippen molar-refractivity contribution in [3.05, 3.63) is 40.7 Å². The largest absolute Gasteiger partial charge is 0.407 e. The molecule has 0 atom stereocenters. The normalized spacial score (nSPS) is 10.8. The molecule has 2 rings (SSSR count). The van der Waals surface area contributed by atoms with Gasteiger partial charge in [-0.1, -0.05) is 34.9 Å². The highest BCUT2D eigenvalue weighted by atomic mass is 35.5. The lowest BCUT2D eigenvalue weighted by Crippen LogP contribution is -2.18. The molecule has 0 aliphatic rings. The summed E-state index contributed by atoms with van der Waals surface area (Å²) in [5, 5.41) is 11.9. The molecule has 114 valence electrons. The van der Waals surface area contributed by atoms with Crippen LogP contribution >= 0.6 is 11.6 Å². The van der Waals surface area contributed by atoms with E-state index >= 15 is 0 Å². The van der Waals surface area contributed by atoms with Gasteiger partial charge in [-0.05, 0) is 11.6 Å². The third-order valence-corrected chi connectivity index (χ3v) is 3.28. The molecule has 2 aromatic rings. The number of rotatable bonds is 8.